The van der Waals surface area contributed by atoms with Crippen molar-refractivity contribution >= 4 is 21.4 Å². The molecule has 0 bridgehead atoms. The van der Waals surface area contributed by atoms with E-state index in [1.807, 2.05) is 13.8 Å². The number of nitrogens with one attached hydrogen (secondary N) is 1. The van der Waals surface area contributed by atoms with E-state index in [1.54, 1.807) is 12.1 Å². The number of nitrogens with two attached hydrogens (primary N) is 1. The second kappa shape index (κ2) is 5.37. The van der Waals surface area contributed by atoms with E-state index < -0.39 is 10.0 Å². The summed E-state index contributed by atoms with van der Waals surface area (Å²) in [5.41, 5.74) is 7.23. The van der Waals surface area contributed by atoms with E-state index >= 15 is 0 Å². The Morgan fingerprint density at radius 2 is 1.88 bits per heavy atom. The average molecular weight is 257 g/mol. The molecular formula is C11H19N3O2S. The minimum atomic E-state index is -3.43. The van der Waals surface area contributed by atoms with Crippen LogP contribution in [0.2, 0.25) is 0 Å². The zero-order valence-electron chi connectivity index (χ0n) is 10.4. The molecule has 0 aromatic heterocycles. The molecular weight excluding hydrogens is 238 g/mol. The molecule has 0 heterocycles. The van der Waals surface area contributed by atoms with Crippen molar-refractivity contribution in [3.63, 3.8) is 0 Å². The van der Waals surface area contributed by atoms with Crippen LogP contribution in [0.15, 0.2) is 23.1 Å². The molecule has 0 unspecified atom stereocenters. The number of anilines is 2. The van der Waals surface area contributed by atoms with Gasteiger partial charge in [0.1, 0.15) is 0 Å². The molecule has 0 saturated carbocycles. The summed E-state index contributed by atoms with van der Waals surface area (Å²) in [6.45, 7) is 5.72. The van der Waals surface area contributed by atoms with Crippen LogP contribution in [0.1, 0.15) is 13.8 Å². The predicted molar refractivity (Wildman–Crippen MR) is 70.7 cm³/mol. The minimum Gasteiger partial charge on any atom is -0.397 e. The predicted octanol–water partition coefficient (Wildman–Crippen LogP) is 1.02. The van der Waals surface area contributed by atoms with Gasteiger partial charge in [-0.05, 0) is 39.1 Å². The molecule has 96 valence electrons. The minimum absolute atomic E-state index is 0.188. The standard InChI is InChI=1S/C11H19N3O2S/c1-4-14(5-2)11-7-6-9(8-10(11)12)17(15,16)13-3/h6-8,13H,4-5,12H2,1-3H3. The lowest BCUT2D eigenvalue weighted by Crippen LogP contribution is -2.23. The van der Waals surface area contributed by atoms with E-state index in [9.17, 15) is 8.42 Å². The third kappa shape index (κ3) is 2.89. The first-order valence-corrected chi connectivity index (χ1v) is 7.02. The van der Waals surface area contributed by atoms with Gasteiger partial charge in [0, 0.05) is 13.1 Å². The molecule has 0 amide bonds. The van der Waals surface area contributed by atoms with Gasteiger partial charge in [0.05, 0.1) is 16.3 Å². The number of hydrogen-bond donors (Lipinski definition) is 2. The molecule has 1 aromatic rings. The molecule has 0 spiro atoms. The maximum Gasteiger partial charge on any atom is 0.240 e. The fourth-order valence-corrected chi connectivity index (χ4v) is 2.43. The topological polar surface area (TPSA) is 75.4 Å². The van der Waals surface area contributed by atoms with Crippen molar-refractivity contribution in [2.24, 2.45) is 0 Å². The summed E-state index contributed by atoms with van der Waals surface area (Å²) in [6.07, 6.45) is 0. The van der Waals surface area contributed by atoms with Crippen LogP contribution in [0.25, 0.3) is 0 Å². The summed E-state index contributed by atoms with van der Waals surface area (Å²) in [7, 11) is -2.05. The van der Waals surface area contributed by atoms with Crippen molar-refractivity contribution in [3.05, 3.63) is 18.2 Å². The van der Waals surface area contributed by atoms with Crippen LogP contribution in [-0.4, -0.2) is 28.6 Å². The first-order chi connectivity index (χ1) is 7.96. The summed E-state index contributed by atoms with van der Waals surface area (Å²) >= 11 is 0. The molecule has 1 rings (SSSR count). The van der Waals surface area contributed by atoms with Gasteiger partial charge in [-0.1, -0.05) is 0 Å². The third-order valence-corrected chi connectivity index (χ3v) is 4.09. The summed E-state index contributed by atoms with van der Waals surface area (Å²) in [5.74, 6) is 0. The monoisotopic (exact) mass is 257 g/mol. The van der Waals surface area contributed by atoms with Crippen LogP contribution in [0.3, 0.4) is 0 Å². The fraction of sp³-hybridized carbons (Fsp3) is 0.455. The third-order valence-electron chi connectivity index (χ3n) is 2.68. The highest BCUT2D eigenvalue weighted by Crippen LogP contribution is 2.25. The molecule has 5 nitrogen and oxygen atoms in total. The summed E-state index contributed by atoms with van der Waals surface area (Å²) in [5, 5.41) is 0. The average Bonchev–Trinajstić information content (AvgIpc) is 2.32. The van der Waals surface area contributed by atoms with Crippen LogP contribution in [-0.2, 0) is 10.0 Å². The Morgan fingerprint density at radius 1 is 1.29 bits per heavy atom. The van der Waals surface area contributed by atoms with E-state index in [1.165, 1.54) is 13.1 Å². The van der Waals surface area contributed by atoms with Crippen LogP contribution in [0.4, 0.5) is 11.4 Å². The number of sulfonamides is 1. The van der Waals surface area contributed by atoms with Crippen molar-refractivity contribution in [2.75, 3.05) is 30.8 Å². The number of rotatable bonds is 5. The Hall–Kier alpha value is -1.27. The highest BCUT2D eigenvalue weighted by molar-refractivity contribution is 7.89. The van der Waals surface area contributed by atoms with E-state index in [4.69, 9.17) is 5.73 Å². The Bertz CT molecular complexity index is 481. The second-order valence-electron chi connectivity index (χ2n) is 3.60. The zero-order valence-corrected chi connectivity index (χ0v) is 11.2. The molecule has 0 aliphatic carbocycles. The van der Waals surface area contributed by atoms with Gasteiger partial charge < -0.3 is 10.6 Å². The molecule has 0 saturated heterocycles. The fourth-order valence-electron chi connectivity index (χ4n) is 1.67. The maximum absolute atomic E-state index is 11.6. The van der Waals surface area contributed by atoms with Crippen LogP contribution in [0, 0.1) is 0 Å². The van der Waals surface area contributed by atoms with Gasteiger partial charge in [0.25, 0.3) is 0 Å². The highest BCUT2D eigenvalue weighted by Gasteiger charge is 2.14. The van der Waals surface area contributed by atoms with E-state index in [2.05, 4.69) is 9.62 Å². The van der Waals surface area contributed by atoms with Gasteiger partial charge in [-0.15, -0.1) is 0 Å². The van der Waals surface area contributed by atoms with Crippen LogP contribution in [0.5, 0.6) is 0 Å². The number of benzene rings is 1. The smallest absolute Gasteiger partial charge is 0.240 e. The normalized spacial score (nSPS) is 11.5. The van der Waals surface area contributed by atoms with Gasteiger partial charge >= 0.3 is 0 Å². The molecule has 0 aliphatic heterocycles. The van der Waals surface area contributed by atoms with Crippen molar-refractivity contribution in [2.45, 2.75) is 18.7 Å². The Morgan fingerprint density at radius 3 is 2.29 bits per heavy atom. The van der Waals surface area contributed by atoms with Crippen molar-refractivity contribution < 1.29 is 8.42 Å². The number of nitrogens with zero attached hydrogens (tertiary/aromatic N) is 1. The number of hydrogen-bond acceptors (Lipinski definition) is 4. The Labute approximate surface area is 103 Å². The van der Waals surface area contributed by atoms with Crippen molar-refractivity contribution in [3.8, 4) is 0 Å². The maximum atomic E-state index is 11.6. The van der Waals surface area contributed by atoms with E-state index in [0.717, 1.165) is 18.8 Å². The first-order valence-electron chi connectivity index (χ1n) is 5.54. The van der Waals surface area contributed by atoms with Gasteiger partial charge in [-0.2, -0.15) is 0 Å². The lowest BCUT2D eigenvalue weighted by Gasteiger charge is -2.23. The molecule has 0 atom stereocenters. The van der Waals surface area contributed by atoms with Crippen molar-refractivity contribution in [1.82, 2.24) is 4.72 Å². The molecule has 0 fully saturated rings. The van der Waals surface area contributed by atoms with Gasteiger partial charge in [-0.25, -0.2) is 13.1 Å². The lowest BCUT2D eigenvalue weighted by atomic mass is 10.2. The van der Waals surface area contributed by atoms with E-state index in [-0.39, 0.29) is 4.90 Å². The van der Waals surface area contributed by atoms with Gasteiger partial charge in [-0.3, -0.25) is 0 Å². The summed E-state index contributed by atoms with van der Waals surface area (Å²) < 4.78 is 25.5. The van der Waals surface area contributed by atoms with Gasteiger partial charge in [0.15, 0.2) is 0 Å². The molecule has 1 aromatic carbocycles. The molecule has 3 N–H and O–H groups in total. The zero-order chi connectivity index (χ0) is 13.1. The van der Waals surface area contributed by atoms with E-state index in [0.29, 0.717) is 5.69 Å². The second-order valence-corrected chi connectivity index (χ2v) is 5.49. The molecule has 0 radical (unpaired) electrons. The van der Waals surface area contributed by atoms with Crippen LogP contribution >= 0.6 is 0 Å². The summed E-state index contributed by atoms with van der Waals surface area (Å²) in [6, 6.07) is 4.79. The number of nitrogen functional groups attached to an aromatic ring is 1. The highest BCUT2D eigenvalue weighted by atomic mass is 32.2. The van der Waals surface area contributed by atoms with Crippen LogP contribution < -0.4 is 15.4 Å². The molecule has 0 aliphatic rings. The summed E-state index contributed by atoms with van der Waals surface area (Å²) in [4.78, 5) is 2.26. The quantitative estimate of drug-likeness (QED) is 0.772. The largest absolute Gasteiger partial charge is 0.397 e. The lowest BCUT2D eigenvalue weighted by molar-refractivity contribution is 0.588. The first kappa shape index (κ1) is 13.8. The Balaban J connectivity index is 3.19. The van der Waals surface area contributed by atoms with Gasteiger partial charge in [0.2, 0.25) is 10.0 Å². The SMILES string of the molecule is CCN(CC)c1ccc(S(=O)(=O)NC)cc1N. The Kier molecular flexibility index (Phi) is 4.36. The molecule has 17 heavy (non-hydrogen) atoms. The molecule has 6 heteroatoms. The van der Waals surface area contributed by atoms with Crippen molar-refractivity contribution in [1.29, 1.82) is 0 Å².